The van der Waals surface area contributed by atoms with E-state index in [1.54, 1.807) is 0 Å². The lowest BCUT2D eigenvalue weighted by Crippen LogP contribution is -2.28. The summed E-state index contributed by atoms with van der Waals surface area (Å²) in [5, 5.41) is 30.6. The van der Waals surface area contributed by atoms with Gasteiger partial charge in [-0.25, -0.2) is 0 Å². The van der Waals surface area contributed by atoms with E-state index in [1.165, 1.54) is 12.1 Å². The fraction of sp³-hybridized carbons (Fsp3) is 0.391. The topological polar surface area (TPSA) is 132 Å². The van der Waals surface area contributed by atoms with E-state index in [1.807, 2.05) is 30.9 Å². The molecule has 0 aliphatic heterocycles. The second kappa shape index (κ2) is 9.15. The Bertz CT molecular complexity index is 1370. The summed E-state index contributed by atoms with van der Waals surface area (Å²) in [4.78, 5) is 19.5. The lowest BCUT2D eigenvalue weighted by atomic mass is 9.99. The summed E-state index contributed by atoms with van der Waals surface area (Å²) in [6.45, 7) is 4.21. The van der Waals surface area contributed by atoms with Crippen molar-refractivity contribution in [3.05, 3.63) is 39.8 Å². The largest absolute Gasteiger partial charge is 0.507 e. The Balaban J connectivity index is 1.90. The van der Waals surface area contributed by atoms with Gasteiger partial charge < -0.3 is 26.2 Å². The highest BCUT2D eigenvalue weighted by molar-refractivity contribution is 6.23. The third kappa shape index (κ3) is 3.90. The molecule has 1 heterocycles. The predicted molar refractivity (Wildman–Crippen MR) is 128 cm³/mol. The van der Waals surface area contributed by atoms with Gasteiger partial charge in [0.25, 0.3) is 0 Å². The second-order valence-corrected chi connectivity index (χ2v) is 8.25. The zero-order chi connectivity index (χ0) is 22.8. The van der Waals surface area contributed by atoms with Gasteiger partial charge >= 0.3 is 0 Å². The Morgan fingerprint density at radius 3 is 2.66 bits per heavy atom. The number of hydrogen-bond acceptors (Lipinski definition) is 7. The van der Waals surface area contributed by atoms with Gasteiger partial charge in [0.1, 0.15) is 11.5 Å². The fourth-order valence-corrected chi connectivity index (χ4v) is 4.16. The van der Waals surface area contributed by atoms with Crippen LogP contribution in [0.1, 0.15) is 6.42 Å². The first-order valence-electron chi connectivity index (χ1n) is 10.9. The molecular weight excluding hydrogens is 408 g/mol. The molecule has 9 heteroatoms. The Kier molecular flexibility index (Phi) is 6.31. The fourth-order valence-electron chi connectivity index (χ4n) is 4.16. The molecular formula is C23H30N6O3. The van der Waals surface area contributed by atoms with Crippen molar-refractivity contribution in [2.45, 2.75) is 13.0 Å². The first-order valence-corrected chi connectivity index (χ1v) is 10.9. The minimum absolute atomic E-state index is 0.127. The van der Waals surface area contributed by atoms with E-state index in [0.29, 0.717) is 42.4 Å². The molecule has 0 saturated carbocycles. The number of aromatic hydroxyl groups is 2. The van der Waals surface area contributed by atoms with E-state index in [4.69, 9.17) is 10.7 Å². The van der Waals surface area contributed by atoms with Crippen LogP contribution >= 0.6 is 0 Å². The third-order valence-corrected chi connectivity index (χ3v) is 5.71. The van der Waals surface area contributed by atoms with Gasteiger partial charge in [0.2, 0.25) is 0 Å². The van der Waals surface area contributed by atoms with Gasteiger partial charge in [0.05, 0.1) is 39.1 Å². The van der Waals surface area contributed by atoms with Gasteiger partial charge in [-0.3, -0.25) is 19.6 Å². The standard InChI is InChI=1S/C23H30N6O3/c1-28(2)13-11-25-9-10-26-14-4-5-15-19-18(14)23(32)21-17(31)7-6-16(30)20(21)22(19)27-29(15)12-3-8-24/h4-7,25,27,31-32H,3,8-13,24H2,1-2H3. The molecule has 9 nitrogen and oxygen atoms in total. The van der Waals surface area contributed by atoms with Crippen molar-refractivity contribution in [3.8, 4) is 11.5 Å². The predicted octanol–water partition coefficient (Wildman–Crippen LogP) is 0.886. The second-order valence-electron chi connectivity index (χ2n) is 8.25. The molecule has 0 amide bonds. The number of aryl methyl sites for hydroxylation is 1. The number of aromatic nitrogens is 2. The van der Waals surface area contributed by atoms with Gasteiger partial charge in [-0.1, -0.05) is 0 Å². The van der Waals surface area contributed by atoms with Crippen molar-refractivity contribution >= 4 is 32.6 Å². The number of rotatable bonds is 9. The minimum Gasteiger partial charge on any atom is -0.507 e. The lowest BCUT2D eigenvalue weighted by molar-refractivity contribution is 0.401. The molecule has 0 atom stereocenters. The molecule has 3 aromatic carbocycles. The molecule has 0 radical (unpaired) electrons. The summed E-state index contributed by atoms with van der Waals surface area (Å²) >= 11 is 0. The number of benzene rings is 3. The maximum Gasteiger partial charge on any atom is 0.189 e. The van der Waals surface area contributed by atoms with Gasteiger partial charge in [0, 0.05) is 31.6 Å². The summed E-state index contributed by atoms with van der Waals surface area (Å²) in [5.74, 6) is -0.267. The molecule has 0 bridgehead atoms. The highest BCUT2D eigenvalue weighted by Gasteiger charge is 2.21. The number of aromatic amines is 1. The van der Waals surface area contributed by atoms with E-state index >= 15 is 0 Å². The average Bonchev–Trinajstić information content (AvgIpc) is 3.13. The number of H-pyrrole nitrogens is 1. The maximum atomic E-state index is 12.7. The first kappa shape index (κ1) is 22.1. The van der Waals surface area contributed by atoms with Crippen molar-refractivity contribution in [2.75, 3.05) is 46.8 Å². The van der Waals surface area contributed by atoms with Crippen LogP contribution in [-0.2, 0) is 6.54 Å². The highest BCUT2D eigenvalue weighted by atomic mass is 16.3. The minimum atomic E-state index is -0.267. The van der Waals surface area contributed by atoms with Crippen LogP contribution in [-0.4, -0.2) is 71.7 Å². The summed E-state index contributed by atoms with van der Waals surface area (Å²) < 4.78 is 1.93. The smallest absolute Gasteiger partial charge is 0.189 e. The average molecular weight is 439 g/mol. The van der Waals surface area contributed by atoms with Crippen LogP contribution < -0.4 is 21.8 Å². The number of phenols is 2. The summed E-state index contributed by atoms with van der Waals surface area (Å²) in [5.41, 5.74) is 6.87. The summed E-state index contributed by atoms with van der Waals surface area (Å²) in [6, 6.07) is 6.45. The van der Waals surface area contributed by atoms with Crippen LogP contribution in [0.2, 0.25) is 0 Å². The van der Waals surface area contributed by atoms with Crippen LogP contribution in [0.3, 0.4) is 0 Å². The zero-order valence-electron chi connectivity index (χ0n) is 18.5. The van der Waals surface area contributed by atoms with E-state index in [9.17, 15) is 15.0 Å². The molecule has 4 rings (SSSR count). The molecule has 0 unspecified atom stereocenters. The third-order valence-electron chi connectivity index (χ3n) is 5.71. The van der Waals surface area contributed by atoms with E-state index in [2.05, 4.69) is 15.3 Å². The van der Waals surface area contributed by atoms with Crippen LogP contribution in [0.15, 0.2) is 34.1 Å². The van der Waals surface area contributed by atoms with Crippen LogP contribution in [0.5, 0.6) is 11.5 Å². The summed E-state index contributed by atoms with van der Waals surface area (Å²) in [6.07, 6.45) is 0.757. The molecule has 6 N–H and O–H groups in total. The van der Waals surface area contributed by atoms with Gasteiger partial charge in [-0.2, -0.15) is 0 Å². The molecule has 4 aromatic rings. The molecule has 170 valence electrons. The van der Waals surface area contributed by atoms with Gasteiger partial charge in [-0.05, 0) is 51.3 Å². The maximum absolute atomic E-state index is 12.7. The van der Waals surface area contributed by atoms with Crippen molar-refractivity contribution in [1.29, 1.82) is 0 Å². The zero-order valence-corrected chi connectivity index (χ0v) is 18.5. The molecule has 0 fully saturated rings. The number of nitrogens with zero attached hydrogens (tertiary/aromatic N) is 3. The number of nitrogens with one attached hydrogen (secondary N) is 2. The number of fused-ring (bicyclic) bond motifs is 2. The first-order chi connectivity index (χ1) is 15.4. The summed E-state index contributed by atoms with van der Waals surface area (Å²) in [7, 11) is 4.05. The normalized spacial score (nSPS) is 12.8. The number of likely N-dealkylation sites (N-methyl/N-ethyl adjacent to an activating group) is 1. The molecule has 0 aliphatic carbocycles. The van der Waals surface area contributed by atoms with Gasteiger partial charge in [-0.15, -0.1) is 0 Å². The molecule has 1 aromatic heterocycles. The molecule has 0 saturated heterocycles. The van der Waals surface area contributed by atoms with E-state index < -0.39 is 0 Å². The quantitative estimate of drug-likeness (QED) is 0.195. The number of nitrogens with two attached hydrogens (primary N) is 1. The van der Waals surface area contributed by atoms with Crippen molar-refractivity contribution in [3.63, 3.8) is 0 Å². The van der Waals surface area contributed by atoms with Crippen LogP contribution in [0, 0.1) is 0 Å². The SMILES string of the molecule is CN(C)CCNCCN=c1ccc2c3c1c(O)c1c(O)ccc(=O)c1c3[nH]n2CCCN. The highest BCUT2D eigenvalue weighted by Crippen LogP contribution is 2.41. The monoisotopic (exact) mass is 438 g/mol. The Hall–Kier alpha value is -3.14. The lowest BCUT2D eigenvalue weighted by Gasteiger charge is -2.10. The number of phenolic OH excluding ortho intramolecular Hbond substituents is 2. The van der Waals surface area contributed by atoms with Gasteiger partial charge in [0.15, 0.2) is 5.43 Å². The Labute approximate surface area is 185 Å². The molecule has 0 spiro atoms. The van der Waals surface area contributed by atoms with Crippen molar-refractivity contribution < 1.29 is 10.2 Å². The Morgan fingerprint density at radius 1 is 1.09 bits per heavy atom. The van der Waals surface area contributed by atoms with Crippen LogP contribution in [0.4, 0.5) is 0 Å². The van der Waals surface area contributed by atoms with Crippen LogP contribution in [0.25, 0.3) is 32.6 Å². The Morgan fingerprint density at radius 2 is 1.91 bits per heavy atom. The van der Waals surface area contributed by atoms with E-state index in [0.717, 1.165) is 30.4 Å². The molecule has 0 aliphatic rings. The van der Waals surface area contributed by atoms with Crippen molar-refractivity contribution in [2.24, 2.45) is 10.7 Å². The number of hydrogen-bond donors (Lipinski definition) is 5. The van der Waals surface area contributed by atoms with E-state index in [-0.39, 0.29) is 27.7 Å². The van der Waals surface area contributed by atoms with Crippen molar-refractivity contribution in [1.82, 2.24) is 20.0 Å². The molecule has 32 heavy (non-hydrogen) atoms.